The van der Waals surface area contributed by atoms with Gasteiger partial charge in [0.25, 0.3) is 0 Å². The summed E-state index contributed by atoms with van der Waals surface area (Å²) in [4.78, 5) is 27.5. The Labute approximate surface area is 190 Å². The van der Waals surface area contributed by atoms with E-state index in [1.165, 1.54) is 21.8 Å². The Morgan fingerprint density at radius 1 is 1.29 bits per heavy atom. The molecule has 166 valence electrons. The summed E-state index contributed by atoms with van der Waals surface area (Å²) in [6, 6.07) is 3.77. The average molecular weight is 461 g/mol. The highest BCUT2D eigenvalue weighted by Crippen LogP contribution is 2.50. The number of urea groups is 1. The predicted molar refractivity (Wildman–Crippen MR) is 126 cm³/mol. The number of ether oxygens (including phenoxy) is 1. The van der Waals surface area contributed by atoms with Crippen LogP contribution in [0.1, 0.15) is 39.5 Å². The van der Waals surface area contributed by atoms with Gasteiger partial charge in [-0.2, -0.15) is 0 Å². The van der Waals surface area contributed by atoms with Crippen LogP contribution < -0.4 is 16.0 Å². The molecule has 2 amide bonds. The van der Waals surface area contributed by atoms with E-state index < -0.39 is 5.97 Å². The van der Waals surface area contributed by atoms with E-state index in [4.69, 9.17) is 4.74 Å². The summed E-state index contributed by atoms with van der Waals surface area (Å²) in [5.74, 6) is -0.166. The van der Waals surface area contributed by atoms with E-state index in [9.17, 15) is 9.59 Å². The third-order valence-corrected chi connectivity index (χ3v) is 8.39. The van der Waals surface area contributed by atoms with E-state index in [1.807, 2.05) is 37.7 Å². The monoisotopic (exact) mass is 460 g/mol. The lowest BCUT2D eigenvalue weighted by molar-refractivity contribution is 0.0527. The topological polar surface area (TPSA) is 84.4 Å². The van der Waals surface area contributed by atoms with Crippen LogP contribution in [0.4, 0.5) is 9.80 Å². The number of carbonyl (C=O) groups is 2. The first-order chi connectivity index (χ1) is 15.0. The lowest BCUT2D eigenvalue weighted by Crippen LogP contribution is -2.36. The number of nitrogens with zero attached hydrogens (tertiary/aromatic N) is 1. The van der Waals surface area contributed by atoms with Gasteiger partial charge in [0.1, 0.15) is 5.00 Å². The fourth-order valence-electron chi connectivity index (χ4n) is 4.11. The van der Waals surface area contributed by atoms with Crippen LogP contribution in [0.25, 0.3) is 0 Å². The van der Waals surface area contributed by atoms with Gasteiger partial charge in [0.2, 0.25) is 0 Å². The van der Waals surface area contributed by atoms with E-state index in [2.05, 4.69) is 32.9 Å². The Bertz CT molecular complexity index is 997. The zero-order valence-electron chi connectivity index (χ0n) is 18.0. The summed E-state index contributed by atoms with van der Waals surface area (Å²) < 4.78 is 7.40. The zero-order valence-corrected chi connectivity index (χ0v) is 19.6. The van der Waals surface area contributed by atoms with Gasteiger partial charge >= 0.3 is 12.0 Å². The molecular weight excluding hydrogens is 432 g/mol. The summed E-state index contributed by atoms with van der Waals surface area (Å²) in [5, 5.41) is 10.2. The molecule has 2 aliphatic heterocycles. The largest absolute Gasteiger partial charge is 0.462 e. The van der Waals surface area contributed by atoms with Crippen molar-refractivity contribution >= 4 is 40.1 Å². The van der Waals surface area contributed by atoms with Gasteiger partial charge in [0.05, 0.1) is 17.5 Å². The molecule has 0 fully saturated rings. The molecule has 0 aromatic carbocycles. The van der Waals surface area contributed by atoms with Gasteiger partial charge in [-0.05, 0) is 51.4 Å². The van der Waals surface area contributed by atoms with Gasteiger partial charge in [-0.3, -0.25) is 5.32 Å². The Morgan fingerprint density at radius 3 is 2.81 bits per heavy atom. The minimum Gasteiger partial charge on any atom is -0.462 e. The highest BCUT2D eigenvalue weighted by Gasteiger charge is 2.37. The van der Waals surface area contributed by atoms with E-state index in [0.717, 1.165) is 30.0 Å². The number of aryl methyl sites for hydroxylation is 1. The number of rotatable bonds is 6. The molecule has 2 aromatic heterocycles. The van der Waals surface area contributed by atoms with Crippen molar-refractivity contribution in [1.82, 2.24) is 15.2 Å². The average Bonchev–Trinajstić information content (AvgIpc) is 3.45. The quantitative estimate of drug-likeness (QED) is 0.561. The van der Waals surface area contributed by atoms with Crippen LogP contribution in [-0.2, 0) is 4.74 Å². The molecule has 0 aliphatic carbocycles. The molecule has 4 heterocycles. The van der Waals surface area contributed by atoms with Crippen molar-refractivity contribution in [3.05, 3.63) is 51.0 Å². The summed E-state index contributed by atoms with van der Waals surface area (Å²) in [7, 11) is 0. The van der Waals surface area contributed by atoms with Crippen molar-refractivity contribution < 1.29 is 14.3 Å². The minimum atomic E-state index is -0.399. The van der Waals surface area contributed by atoms with Crippen molar-refractivity contribution in [3.8, 4) is 0 Å². The van der Waals surface area contributed by atoms with E-state index in [0.29, 0.717) is 23.7 Å². The number of hydrogen-bond acceptors (Lipinski definition) is 6. The van der Waals surface area contributed by atoms with Crippen molar-refractivity contribution in [3.63, 3.8) is 0 Å². The molecule has 0 radical (unpaired) electrons. The lowest BCUT2D eigenvalue weighted by Gasteiger charge is -2.24. The summed E-state index contributed by atoms with van der Waals surface area (Å²) in [6.45, 7) is 8.30. The van der Waals surface area contributed by atoms with Gasteiger partial charge in [-0.25, -0.2) is 9.59 Å². The van der Waals surface area contributed by atoms with Gasteiger partial charge in [-0.1, -0.05) is 5.57 Å². The lowest BCUT2D eigenvalue weighted by atomic mass is 9.93. The molecule has 4 rings (SSSR count). The predicted octanol–water partition coefficient (Wildman–Crippen LogP) is 4.27. The van der Waals surface area contributed by atoms with Crippen molar-refractivity contribution in [2.24, 2.45) is 5.92 Å². The molecule has 0 bridgehead atoms. The fourth-order valence-corrected chi connectivity index (χ4v) is 6.72. The first kappa shape index (κ1) is 22.0. The van der Waals surface area contributed by atoms with Crippen LogP contribution in [0, 0.1) is 19.8 Å². The number of amides is 2. The van der Waals surface area contributed by atoms with E-state index >= 15 is 0 Å². The number of anilines is 1. The first-order valence-corrected chi connectivity index (χ1v) is 12.2. The Kier molecular flexibility index (Phi) is 6.74. The van der Waals surface area contributed by atoms with Crippen LogP contribution in [0.5, 0.6) is 0 Å². The smallest absolute Gasteiger partial charge is 0.341 e. The van der Waals surface area contributed by atoms with Crippen molar-refractivity contribution in [1.29, 1.82) is 0 Å². The second kappa shape index (κ2) is 9.50. The Morgan fingerprint density at radius 2 is 2.06 bits per heavy atom. The second-order valence-corrected chi connectivity index (χ2v) is 10.1. The number of hydrogen-bond donors (Lipinski definition) is 3. The van der Waals surface area contributed by atoms with Crippen LogP contribution in [-0.4, -0.2) is 42.8 Å². The van der Waals surface area contributed by atoms with Crippen molar-refractivity contribution in [2.45, 2.75) is 32.6 Å². The number of thioether (sulfide) groups is 1. The van der Waals surface area contributed by atoms with Crippen LogP contribution in [0.15, 0.2) is 35.0 Å². The first-order valence-electron chi connectivity index (χ1n) is 10.5. The number of thiophene rings is 1. The summed E-state index contributed by atoms with van der Waals surface area (Å²) in [5.41, 5.74) is 2.74. The molecule has 2 unspecified atom stereocenters. The maximum atomic E-state index is 12.8. The SMILES string of the molecule is CCOC(=O)c1c(NC(=O)NCC2C3=C(CNCC3)SC2n2cccc2)sc(C)c1C. The molecule has 31 heavy (non-hydrogen) atoms. The summed E-state index contributed by atoms with van der Waals surface area (Å²) in [6.07, 6.45) is 5.17. The Balaban J connectivity index is 1.46. The van der Waals surface area contributed by atoms with Gasteiger partial charge in [0.15, 0.2) is 0 Å². The minimum absolute atomic E-state index is 0.233. The Hall–Kier alpha value is -2.23. The standard InChI is InChI=1S/C22H28N4O3S2/c1-4-29-21(27)18-13(2)14(3)30-19(18)25-22(28)24-11-16-15-7-8-23-12-17(15)31-20(16)26-9-5-6-10-26/h5-6,9-10,16,20,23H,4,7-8,11-12H2,1-3H3,(H2,24,25,28). The number of carbonyl (C=O) groups excluding carboxylic acids is 2. The van der Waals surface area contributed by atoms with E-state index in [1.54, 1.807) is 6.92 Å². The molecule has 2 atom stereocenters. The van der Waals surface area contributed by atoms with Gasteiger partial charge in [-0.15, -0.1) is 23.1 Å². The molecule has 0 saturated carbocycles. The molecule has 2 aliphatic rings. The fraction of sp³-hybridized carbons (Fsp3) is 0.455. The molecule has 0 spiro atoms. The van der Waals surface area contributed by atoms with E-state index in [-0.39, 0.29) is 17.3 Å². The zero-order chi connectivity index (χ0) is 22.0. The van der Waals surface area contributed by atoms with Crippen molar-refractivity contribution in [2.75, 3.05) is 31.6 Å². The number of nitrogens with one attached hydrogen (secondary N) is 3. The number of aromatic nitrogens is 1. The van der Waals surface area contributed by atoms with Crippen LogP contribution >= 0.6 is 23.1 Å². The molecule has 7 nitrogen and oxygen atoms in total. The third kappa shape index (κ3) is 4.53. The molecular formula is C22H28N4O3S2. The number of esters is 1. The van der Waals surface area contributed by atoms with Gasteiger partial charge in [0, 0.05) is 41.2 Å². The maximum absolute atomic E-state index is 12.8. The maximum Gasteiger partial charge on any atom is 0.341 e. The summed E-state index contributed by atoms with van der Waals surface area (Å²) >= 11 is 3.28. The second-order valence-electron chi connectivity index (χ2n) is 7.66. The molecule has 2 aromatic rings. The third-order valence-electron chi connectivity index (χ3n) is 5.77. The van der Waals surface area contributed by atoms with Gasteiger partial charge < -0.3 is 19.9 Å². The molecule has 9 heteroatoms. The van der Waals surface area contributed by atoms with Crippen LogP contribution in [0.3, 0.4) is 0 Å². The molecule has 3 N–H and O–H groups in total. The highest BCUT2D eigenvalue weighted by atomic mass is 32.2. The molecule has 0 saturated heterocycles. The normalized spacial score (nSPS) is 20.5. The van der Waals surface area contributed by atoms with Crippen LogP contribution in [0.2, 0.25) is 0 Å². The highest BCUT2D eigenvalue weighted by molar-refractivity contribution is 8.03.